The lowest BCUT2D eigenvalue weighted by Crippen LogP contribution is -2.05. The highest BCUT2D eigenvalue weighted by Gasteiger charge is 2.11. The minimum atomic E-state index is -0.479. The second-order valence-corrected chi connectivity index (χ2v) is 5.25. The summed E-state index contributed by atoms with van der Waals surface area (Å²) in [7, 11) is 0. The molecule has 1 N–H and O–H groups in total. The summed E-state index contributed by atoms with van der Waals surface area (Å²) >= 11 is 0. The predicted molar refractivity (Wildman–Crippen MR) is 90.1 cm³/mol. The largest absolute Gasteiger partial charge is 0.506 e. The van der Waals surface area contributed by atoms with E-state index < -0.39 is 5.97 Å². The molecule has 7 nitrogen and oxygen atoms in total. The molecule has 0 fully saturated rings. The molecule has 0 radical (unpaired) electrons. The van der Waals surface area contributed by atoms with Gasteiger partial charge < -0.3 is 9.84 Å². The highest BCUT2D eigenvalue weighted by atomic mass is 16.5. The van der Waals surface area contributed by atoms with Gasteiger partial charge in [-0.2, -0.15) is 5.26 Å². The number of nitriles is 1. The molecule has 0 aliphatic heterocycles. The summed E-state index contributed by atoms with van der Waals surface area (Å²) in [5.41, 5.74) is 2.92. The molecule has 0 bridgehead atoms. The Bertz CT molecular complexity index is 1000. The molecule has 1 heterocycles. The molecular weight excluding hydrogens is 320 g/mol. The van der Waals surface area contributed by atoms with Crippen molar-refractivity contribution in [3.8, 4) is 17.5 Å². The van der Waals surface area contributed by atoms with Crippen molar-refractivity contribution in [2.45, 2.75) is 6.42 Å². The zero-order valence-corrected chi connectivity index (χ0v) is 13.2. The number of nitrogens with zero attached hydrogens (tertiary/aromatic N) is 4. The maximum absolute atomic E-state index is 11.1. The van der Waals surface area contributed by atoms with E-state index in [9.17, 15) is 9.90 Å². The van der Waals surface area contributed by atoms with Crippen molar-refractivity contribution in [1.82, 2.24) is 15.0 Å². The van der Waals surface area contributed by atoms with E-state index in [2.05, 4.69) is 22.8 Å². The molecule has 3 aromatic rings. The molecule has 25 heavy (non-hydrogen) atoms. The number of phenolic OH excluding ortho intramolecular Hbond substituents is 1. The minimum Gasteiger partial charge on any atom is -0.506 e. The summed E-state index contributed by atoms with van der Waals surface area (Å²) < 4.78 is 4.96. The maximum atomic E-state index is 11.1. The van der Waals surface area contributed by atoms with Gasteiger partial charge in [0.05, 0.1) is 18.2 Å². The third-order valence-electron chi connectivity index (χ3n) is 3.57. The Morgan fingerprint density at radius 3 is 2.84 bits per heavy atom. The van der Waals surface area contributed by atoms with Gasteiger partial charge in [0, 0.05) is 12.5 Å². The van der Waals surface area contributed by atoms with Crippen molar-refractivity contribution in [1.29, 1.82) is 5.26 Å². The topological polar surface area (TPSA) is 101 Å². The van der Waals surface area contributed by atoms with Crippen LogP contribution in [0.1, 0.15) is 11.1 Å². The molecular formula is C18H14N4O3. The van der Waals surface area contributed by atoms with Gasteiger partial charge in [0.1, 0.15) is 22.5 Å². The van der Waals surface area contributed by atoms with Gasteiger partial charge in [-0.05, 0) is 35.9 Å². The van der Waals surface area contributed by atoms with Gasteiger partial charge in [-0.1, -0.05) is 12.6 Å². The van der Waals surface area contributed by atoms with Crippen LogP contribution in [0.4, 0.5) is 0 Å². The van der Waals surface area contributed by atoms with Gasteiger partial charge in [-0.25, -0.2) is 4.79 Å². The number of fused-ring (bicyclic) bond motifs is 1. The number of carbonyl (C=O) groups is 1. The molecule has 0 saturated heterocycles. The number of aromatic nitrogens is 3. The zero-order chi connectivity index (χ0) is 17.8. The summed E-state index contributed by atoms with van der Waals surface area (Å²) in [5.74, 6) is -0.458. The molecule has 0 aliphatic rings. The van der Waals surface area contributed by atoms with Gasteiger partial charge in [-0.3, -0.25) is 0 Å². The van der Waals surface area contributed by atoms with Gasteiger partial charge in [0.2, 0.25) is 0 Å². The van der Waals surface area contributed by atoms with Crippen LogP contribution in [0.2, 0.25) is 0 Å². The molecule has 0 saturated carbocycles. The average molecular weight is 334 g/mol. The third-order valence-corrected chi connectivity index (χ3v) is 3.57. The van der Waals surface area contributed by atoms with E-state index in [1.54, 1.807) is 30.3 Å². The normalized spacial score (nSPS) is 10.4. The number of ether oxygens (including phenoxy) is 1. The maximum Gasteiger partial charge on any atom is 0.330 e. The summed E-state index contributed by atoms with van der Waals surface area (Å²) in [5, 5.41) is 27.7. The molecule has 0 aliphatic carbocycles. The first-order chi connectivity index (χ1) is 12.1. The Morgan fingerprint density at radius 1 is 1.28 bits per heavy atom. The van der Waals surface area contributed by atoms with Crippen molar-refractivity contribution in [2.24, 2.45) is 0 Å². The Morgan fingerprint density at radius 2 is 2.08 bits per heavy atom. The molecule has 0 unspecified atom stereocenters. The fourth-order valence-corrected chi connectivity index (χ4v) is 2.30. The minimum absolute atomic E-state index is 0.0210. The number of rotatable bonds is 5. The van der Waals surface area contributed by atoms with Crippen LogP contribution in [-0.2, 0) is 16.0 Å². The first kappa shape index (κ1) is 16.2. The van der Waals surface area contributed by atoms with E-state index in [0.717, 1.165) is 11.6 Å². The molecule has 1 aromatic heterocycles. The van der Waals surface area contributed by atoms with E-state index in [1.807, 2.05) is 0 Å². The number of hydrogen-bond acceptors (Lipinski definition) is 6. The van der Waals surface area contributed by atoms with Crippen LogP contribution >= 0.6 is 0 Å². The highest BCUT2D eigenvalue weighted by molar-refractivity contribution is 5.81. The zero-order valence-electron chi connectivity index (χ0n) is 13.2. The first-order valence-electron chi connectivity index (χ1n) is 7.49. The number of hydrogen-bond donors (Lipinski definition) is 1. The lowest BCUT2D eigenvalue weighted by atomic mass is 10.1. The monoisotopic (exact) mass is 334 g/mol. The molecule has 124 valence electrons. The summed E-state index contributed by atoms with van der Waals surface area (Å²) in [6, 6.07) is 12.0. The van der Waals surface area contributed by atoms with E-state index in [4.69, 9.17) is 10.00 Å². The SMILES string of the molecule is C=CC(=O)OCCc1ccc(O)c(-n2nc3ccc(C#N)cc3n2)c1. The van der Waals surface area contributed by atoms with Crippen LogP contribution in [0.25, 0.3) is 16.7 Å². The standard InChI is InChI=1S/C18H14N4O3/c1-2-18(24)25-8-7-12-4-6-17(23)16(10-12)22-20-14-5-3-13(11-19)9-15(14)21-22/h2-6,9-10,23H,1,7-8H2. The smallest absolute Gasteiger partial charge is 0.330 e. The second kappa shape index (κ2) is 6.84. The number of aromatic hydroxyl groups is 1. The summed E-state index contributed by atoms with van der Waals surface area (Å²) in [6.07, 6.45) is 1.59. The third kappa shape index (κ3) is 3.48. The average Bonchev–Trinajstić information content (AvgIpc) is 3.05. The molecule has 0 amide bonds. The quantitative estimate of drug-likeness (QED) is 0.567. The van der Waals surface area contributed by atoms with E-state index >= 15 is 0 Å². The first-order valence-corrected chi connectivity index (χ1v) is 7.49. The van der Waals surface area contributed by atoms with E-state index in [-0.39, 0.29) is 12.4 Å². The Hall–Kier alpha value is -3.66. The molecule has 0 atom stereocenters. The molecule has 2 aromatic carbocycles. The van der Waals surface area contributed by atoms with Crippen molar-refractivity contribution < 1.29 is 14.6 Å². The summed E-state index contributed by atoms with van der Waals surface area (Å²) in [4.78, 5) is 12.4. The summed E-state index contributed by atoms with van der Waals surface area (Å²) in [6.45, 7) is 3.54. The van der Waals surface area contributed by atoms with Crippen molar-refractivity contribution >= 4 is 17.0 Å². The molecule has 0 spiro atoms. The van der Waals surface area contributed by atoms with Crippen LogP contribution in [-0.4, -0.2) is 32.7 Å². The van der Waals surface area contributed by atoms with Gasteiger partial charge >= 0.3 is 5.97 Å². The molecule has 3 rings (SSSR count). The number of esters is 1. The van der Waals surface area contributed by atoms with Crippen molar-refractivity contribution in [3.63, 3.8) is 0 Å². The Kier molecular flexibility index (Phi) is 4.44. The second-order valence-electron chi connectivity index (χ2n) is 5.25. The Balaban J connectivity index is 1.88. The Labute approximate surface area is 143 Å². The van der Waals surface area contributed by atoms with Crippen molar-refractivity contribution in [3.05, 3.63) is 60.2 Å². The van der Waals surface area contributed by atoms with Crippen LogP contribution in [0.15, 0.2) is 49.1 Å². The van der Waals surface area contributed by atoms with E-state index in [1.165, 1.54) is 10.9 Å². The number of carbonyl (C=O) groups excluding carboxylic acids is 1. The van der Waals surface area contributed by atoms with Gasteiger partial charge in [0.15, 0.2) is 0 Å². The predicted octanol–water partition coefficient (Wildman–Crippen LogP) is 2.27. The van der Waals surface area contributed by atoms with Crippen LogP contribution in [0, 0.1) is 11.3 Å². The lowest BCUT2D eigenvalue weighted by Gasteiger charge is -2.07. The fraction of sp³-hybridized carbons (Fsp3) is 0.111. The van der Waals surface area contributed by atoms with Gasteiger partial charge in [0.25, 0.3) is 0 Å². The van der Waals surface area contributed by atoms with Crippen LogP contribution < -0.4 is 0 Å². The molecule has 7 heteroatoms. The van der Waals surface area contributed by atoms with Crippen LogP contribution in [0.5, 0.6) is 5.75 Å². The fourth-order valence-electron chi connectivity index (χ4n) is 2.30. The van der Waals surface area contributed by atoms with Crippen molar-refractivity contribution in [2.75, 3.05) is 6.61 Å². The van der Waals surface area contributed by atoms with E-state index in [0.29, 0.717) is 28.7 Å². The van der Waals surface area contributed by atoms with Crippen LogP contribution in [0.3, 0.4) is 0 Å². The number of phenols is 1. The highest BCUT2D eigenvalue weighted by Crippen LogP contribution is 2.23. The van der Waals surface area contributed by atoms with Gasteiger partial charge in [-0.15, -0.1) is 15.0 Å². The number of benzene rings is 2. The lowest BCUT2D eigenvalue weighted by molar-refractivity contribution is -0.137.